The van der Waals surface area contributed by atoms with Crippen molar-refractivity contribution in [3.8, 4) is 22.3 Å². The van der Waals surface area contributed by atoms with Gasteiger partial charge in [0.1, 0.15) is 11.6 Å². The number of hydrazine groups is 2. The van der Waals surface area contributed by atoms with Crippen molar-refractivity contribution in [3.05, 3.63) is 138 Å². The van der Waals surface area contributed by atoms with E-state index in [1.807, 2.05) is 0 Å². The fraction of sp³-hybridized carbons (Fsp3) is 0.229. The third kappa shape index (κ3) is 8.42. The monoisotopic (exact) mass is 712 g/mol. The second-order valence-corrected chi connectivity index (χ2v) is 13.0. The van der Waals surface area contributed by atoms with Crippen LogP contribution in [-0.2, 0) is 22.7 Å². The summed E-state index contributed by atoms with van der Waals surface area (Å²) in [5.74, 6) is -2.87. The summed E-state index contributed by atoms with van der Waals surface area (Å²) in [6, 6.07) is 22.5. The molecule has 0 amide bonds. The number of aliphatic hydroxyl groups excluding tert-OH is 1. The molecule has 2 N–H and O–H groups in total. The number of hydrogen-bond donors (Lipinski definition) is 2. The van der Waals surface area contributed by atoms with Crippen LogP contribution in [0.1, 0.15) is 31.9 Å². The van der Waals surface area contributed by atoms with Crippen molar-refractivity contribution in [3.63, 3.8) is 0 Å². The molecule has 1 aromatic heterocycles. The van der Waals surface area contributed by atoms with Gasteiger partial charge in [-0.3, -0.25) is 14.4 Å². The number of benzene rings is 4. The number of hydrogen-bond acceptors (Lipinski definition) is 8. The number of carbonyl (C=O) groups is 1. The number of halogens is 4. The Kier molecular flexibility index (Phi) is 10.7. The Hall–Kier alpha value is -4.43. The van der Waals surface area contributed by atoms with E-state index >= 15 is 8.78 Å². The summed E-state index contributed by atoms with van der Waals surface area (Å²) in [4.78, 5) is 43.2. The maximum absolute atomic E-state index is 15.5. The van der Waals surface area contributed by atoms with E-state index in [9.17, 15) is 24.6 Å². The number of carboxylic acids is 1. The molecule has 0 unspecified atom stereocenters. The second-order valence-electron chi connectivity index (χ2n) is 12.2. The van der Waals surface area contributed by atoms with Crippen LogP contribution in [0.4, 0.5) is 8.78 Å². The van der Waals surface area contributed by atoms with Gasteiger partial charge in [0.15, 0.2) is 6.10 Å². The SMILES string of the molecule is CC(C)(C)ON(N(Cc1cc(F)c(-c2ccccc2)cc1Cl)C[C@@H](O)C(=O)O)N(Cc1cc(F)c(-c2ccccc2)cc1Cl)n1c(=O)c1=O. The lowest BCUT2D eigenvalue weighted by Gasteiger charge is -2.43. The number of rotatable bonds is 13. The average Bonchev–Trinajstić information content (AvgIpc) is 3.65. The van der Waals surface area contributed by atoms with Crippen LogP contribution in [0.25, 0.3) is 22.3 Å². The Bertz CT molecular complexity index is 2010. The number of aliphatic hydroxyl groups is 1. The lowest BCUT2D eigenvalue weighted by Crippen LogP contribution is -2.61. The molecular weight excluding hydrogens is 681 g/mol. The summed E-state index contributed by atoms with van der Waals surface area (Å²) >= 11 is 13.3. The maximum atomic E-state index is 15.5. The van der Waals surface area contributed by atoms with Gasteiger partial charge in [-0.2, -0.15) is 14.8 Å². The normalized spacial score (nSPS) is 12.6. The topological polar surface area (TPSA) is 116 Å². The number of aliphatic carboxylic acids is 1. The van der Waals surface area contributed by atoms with Gasteiger partial charge in [-0.25, -0.2) is 13.6 Å². The van der Waals surface area contributed by atoms with Crippen molar-refractivity contribution in [2.24, 2.45) is 0 Å². The highest BCUT2D eigenvalue weighted by Crippen LogP contribution is 2.32. The summed E-state index contributed by atoms with van der Waals surface area (Å²) < 4.78 is 31.7. The first-order valence-corrected chi connectivity index (χ1v) is 15.8. The van der Waals surface area contributed by atoms with Crippen molar-refractivity contribution in [2.45, 2.75) is 45.6 Å². The average molecular weight is 714 g/mol. The van der Waals surface area contributed by atoms with Gasteiger partial charge in [0.05, 0.1) is 18.7 Å². The summed E-state index contributed by atoms with van der Waals surface area (Å²) in [5, 5.41) is 23.4. The van der Waals surface area contributed by atoms with Crippen LogP contribution in [-0.4, -0.2) is 49.4 Å². The smallest absolute Gasteiger partial charge is 0.341 e. The van der Waals surface area contributed by atoms with Gasteiger partial charge in [-0.05, 0) is 72.6 Å². The highest BCUT2D eigenvalue weighted by atomic mass is 35.5. The Balaban J connectivity index is 1.59. The van der Waals surface area contributed by atoms with E-state index in [1.165, 1.54) is 12.1 Å². The Labute approximate surface area is 290 Å². The lowest BCUT2D eigenvalue weighted by molar-refractivity contribution is -0.352. The second kappa shape index (κ2) is 14.6. The fourth-order valence-electron chi connectivity index (χ4n) is 4.96. The maximum Gasteiger partial charge on any atom is 0.341 e. The highest BCUT2D eigenvalue weighted by Gasteiger charge is 2.37. The molecule has 256 valence electrons. The van der Waals surface area contributed by atoms with E-state index in [0.717, 1.165) is 27.5 Å². The zero-order valence-corrected chi connectivity index (χ0v) is 28.1. The Morgan fingerprint density at radius 2 is 1.27 bits per heavy atom. The molecule has 14 heteroatoms. The van der Waals surface area contributed by atoms with Crippen LogP contribution in [0, 0.1) is 11.6 Å². The van der Waals surface area contributed by atoms with Crippen molar-refractivity contribution >= 4 is 29.2 Å². The molecule has 1 atom stereocenters. The number of carboxylic acid groups (broad SMARTS) is 1. The molecule has 0 saturated carbocycles. The van der Waals surface area contributed by atoms with Crippen LogP contribution in [0.5, 0.6) is 0 Å². The van der Waals surface area contributed by atoms with Crippen molar-refractivity contribution in [1.29, 1.82) is 0 Å². The molecular formula is C35H32Cl2F2N4O6. The Morgan fingerprint density at radius 1 is 0.816 bits per heavy atom. The van der Waals surface area contributed by atoms with Crippen molar-refractivity contribution in [2.75, 3.05) is 11.7 Å². The van der Waals surface area contributed by atoms with E-state index in [0.29, 0.717) is 15.8 Å². The van der Waals surface area contributed by atoms with E-state index in [1.54, 1.807) is 81.4 Å². The van der Waals surface area contributed by atoms with Crippen LogP contribution < -0.4 is 16.2 Å². The van der Waals surface area contributed by atoms with Crippen molar-refractivity contribution < 1.29 is 28.6 Å². The van der Waals surface area contributed by atoms with Crippen LogP contribution in [0.2, 0.25) is 10.0 Å². The van der Waals surface area contributed by atoms with Gasteiger partial charge in [0.25, 0.3) is 0 Å². The zero-order chi connectivity index (χ0) is 35.6. The van der Waals surface area contributed by atoms with Crippen LogP contribution in [0.15, 0.2) is 94.5 Å². The van der Waals surface area contributed by atoms with Gasteiger partial charge < -0.3 is 10.2 Å². The molecule has 0 aliphatic heterocycles. The first-order chi connectivity index (χ1) is 23.1. The first-order valence-electron chi connectivity index (χ1n) is 15.0. The predicted octanol–water partition coefficient (Wildman–Crippen LogP) is 5.95. The van der Waals surface area contributed by atoms with Gasteiger partial charge in [-0.15, -0.1) is 0 Å². The molecule has 0 spiro atoms. The minimum atomic E-state index is -2.02. The third-order valence-electron chi connectivity index (χ3n) is 7.32. The van der Waals surface area contributed by atoms with Crippen molar-refractivity contribution in [1.82, 2.24) is 15.0 Å². The lowest BCUT2D eigenvalue weighted by atomic mass is 10.0. The van der Waals surface area contributed by atoms with Gasteiger partial charge in [0, 0.05) is 27.7 Å². The molecule has 5 rings (SSSR count). The van der Waals surface area contributed by atoms with E-state index in [4.69, 9.17) is 28.0 Å². The third-order valence-corrected chi connectivity index (χ3v) is 8.02. The first kappa shape index (κ1) is 35.9. The zero-order valence-electron chi connectivity index (χ0n) is 26.6. The molecule has 10 nitrogen and oxygen atoms in total. The molecule has 0 fully saturated rings. The number of nitrogens with zero attached hydrogens (tertiary/aromatic N) is 4. The quantitative estimate of drug-likeness (QED) is 0.113. The number of aromatic nitrogens is 1. The van der Waals surface area contributed by atoms with E-state index < -0.39 is 53.5 Å². The molecule has 4 aromatic carbocycles. The van der Waals surface area contributed by atoms with Gasteiger partial charge in [0.2, 0.25) is 0 Å². The van der Waals surface area contributed by atoms with Crippen LogP contribution in [0.3, 0.4) is 0 Å². The standard InChI is InChI=1S/C35H32Cl2F2N4O6/c1-35(2,3)49-43(40(20-31(44)34(47)48)18-23-14-29(38)25(16-27(23)36)21-10-6-4-7-11-21)41(42-32(45)33(42)46)19-24-15-30(39)26(17-28(24)37)22-12-8-5-9-13-22/h4-17,31,44H,18-20H2,1-3H3,(H,47,48)/t31-/m1/s1. The molecule has 0 saturated heterocycles. The summed E-state index contributed by atoms with van der Waals surface area (Å²) in [6.45, 7) is 3.40. The minimum Gasteiger partial charge on any atom is -0.479 e. The molecule has 0 bridgehead atoms. The van der Waals surface area contributed by atoms with Crippen LogP contribution >= 0.6 is 23.2 Å². The molecule has 0 radical (unpaired) electrons. The highest BCUT2D eigenvalue weighted by molar-refractivity contribution is 6.32. The van der Waals surface area contributed by atoms with E-state index in [-0.39, 0.29) is 38.8 Å². The molecule has 0 aliphatic carbocycles. The summed E-state index contributed by atoms with van der Waals surface area (Å²) in [7, 11) is 0. The minimum absolute atomic E-state index is 0.0847. The predicted molar refractivity (Wildman–Crippen MR) is 182 cm³/mol. The molecule has 0 aliphatic rings. The van der Waals surface area contributed by atoms with E-state index in [2.05, 4.69) is 0 Å². The molecule has 1 heterocycles. The largest absolute Gasteiger partial charge is 0.479 e. The summed E-state index contributed by atoms with van der Waals surface area (Å²) in [5.41, 5.74) is -1.14. The Morgan fingerprint density at radius 3 is 1.67 bits per heavy atom. The molecule has 49 heavy (non-hydrogen) atoms. The van der Waals surface area contributed by atoms with Gasteiger partial charge >= 0.3 is 17.1 Å². The fourth-order valence-corrected chi connectivity index (χ4v) is 5.41. The van der Waals surface area contributed by atoms with Gasteiger partial charge in [-0.1, -0.05) is 83.9 Å². The summed E-state index contributed by atoms with van der Waals surface area (Å²) in [6.07, 6.45) is -2.02. The molecule has 5 aromatic rings.